The van der Waals surface area contributed by atoms with Crippen molar-refractivity contribution < 1.29 is 13.5 Å². The highest BCUT2D eigenvalue weighted by Gasteiger charge is 2.35. The molecule has 0 aromatic carbocycles. The first-order valence-electron chi connectivity index (χ1n) is 5.37. The van der Waals surface area contributed by atoms with Crippen molar-refractivity contribution >= 4 is 10.0 Å². The van der Waals surface area contributed by atoms with Crippen LogP contribution in [0.5, 0.6) is 0 Å². The van der Waals surface area contributed by atoms with Crippen LogP contribution in [0.4, 0.5) is 0 Å². The van der Waals surface area contributed by atoms with Crippen molar-refractivity contribution in [1.29, 1.82) is 0 Å². The average Bonchev–Trinajstić information content (AvgIpc) is 2.46. The molecule has 1 aliphatic rings. The Balaban J connectivity index is 2.77. The molecule has 15 heavy (non-hydrogen) atoms. The highest BCUT2D eigenvalue weighted by Crippen LogP contribution is 2.25. The van der Waals surface area contributed by atoms with Crippen LogP contribution in [0.25, 0.3) is 0 Å². The number of aliphatic hydroxyl groups is 1. The van der Waals surface area contributed by atoms with Gasteiger partial charge in [0, 0.05) is 12.6 Å². The molecule has 1 aliphatic heterocycles. The lowest BCUT2D eigenvalue weighted by atomic mass is 10.0. The van der Waals surface area contributed by atoms with E-state index in [1.807, 2.05) is 20.8 Å². The minimum absolute atomic E-state index is 0.0661. The summed E-state index contributed by atoms with van der Waals surface area (Å²) in [6, 6.07) is -0.197. The first-order valence-corrected chi connectivity index (χ1v) is 6.97. The maximum absolute atomic E-state index is 12.0. The molecule has 0 amide bonds. The quantitative estimate of drug-likeness (QED) is 0.788. The zero-order valence-electron chi connectivity index (χ0n) is 9.73. The summed E-state index contributed by atoms with van der Waals surface area (Å²) in [4.78, 5) is 0. The summed E-state index contributed by atoms with van der Waals surface area (Å²) < 4.78 is 25.5. The van der Waals surface area contributed by atoms with Gasteiger partial charge in [0.1, 0.15) is 0 Å². The molecule has 4 nitrogen and oxygen atoms in total. The maximum atomic E-state index is 12.0. The lowest BCUT2D eigenvalue weighted by Crippen LogP contribution is -2.41. The first kappa shape index (κ1) is 12.9. The minimum atomic E-state index is -3.21. The number of rotatable bonds is 3. The van der Waals surface area contributed by atoms with Crippen LogP contribution >= 0.6 is 0 Å². The van der Waals surface area contributed by atoms with Crippen LogP contribution in [0.3, 0.4) is 0 Å². The fraction of sp³-hybridized carbons (Fsp3) is 1.00. The summed E-state index contributed by atoms with van der Waals surface area (Å²) in [6.07, 6.45) is 1.63. The molecule has 1 heterocycles. The Morgan fingerprint density at radius 1 is 1.40 bits per heavy atom. The Hall–Kier alpha value is -0.130. The molecule has 1 N–H and O–H groups in total. The van der Waals surface area contributed by atoms with Gasteiger partial charge in [-0.1, -0.05) is 20.8 Å². The van der Waals surface area contributed by atoms with Crippen molar-refractivity contribution in [2.45, 2.75) is 39.7 Å². The van der Waals surface area contributed by atoms with Gasteiger partial charge in [-0.3, -0.25) is 0 Å². The summed E-state index contributed by atoms with van der Waals surface area (Å²) in [7, 11) is -3.21. The van der Waals surface area contributed by atoms with Crippen LogP contribution in [0, 0.1) is 5.41 Å². The largest absolute Gasteiger partial charge is 0.395 e. The van der Waals surface area contributed by atoms with Crippen molar-refractivity contribution in [1.82, 2.24) is 4.31 Å². The molecule has 1 unspecified atom stereocenters. The lowest BCUT2D eigenvalue weighted by Gasteiger charge is -2.26. The topological polar surface area (TPSA) is 57.6 Å². The van der Waals surface area contributed by atoms with E-state index in [9.17, 15) is 8.42 Å². The van der Waals surface area contributed by atoms with Gasteiger partial charge >= 0.3 is 0 Å². The van der Waals surface area contributed by atoms with Crippen molar-refractivity contribution in [2.24, 2.45) is 5.41 Å². The summed E-state index contributed by atoms with van der Waals surface area (Å²) >= 11 is 0. The standard InChI is InChI=1S/C10H21NO3S/c1-10(2,3)8-15(13,14)11-6-4-5-9(11)7-12/h9,12H,4-8H2,1-3H3. The van der Waals surface area contributed by atoms with Crippen molar-refractivity contribution in [3.8, 4) is 0 Å². The van der Waals surface area contributed by atoms with Crippen molar-refractivity contribution in [3.05, 3.63) is 0 Å². The van der Waals surface area contributed by atoms with Crippen LogP contribution < -0.4 is 0 Å². The van der Waals surface area contributed by atoms with Gasteiger partial charge in [-0.15, -0.1) is 0 Å². The highest BCUT2D eigenvalue weighted by molar-refractivity contribution is 7.89. The Kier molecular flexibility index (Phi) is 3.79. The highest BCUT2D eigenvalue weighted by atomic mass is 32.2. The van der Waals surface area contributed by atoms with Gasteiger partial charge in [-0.05, 0) is 18.3 Å². The summed E-state index contributed by atoms with van der Waals surface area (Å²) in [5.74, 6) is 0.149. The second kappa shape index (κ2) is 4.39. The van der Waals surface area contributed by atoms with E-state index in [2.05, 4.69) is 0 Å². The van der Waals surface area contributed by atoms with E-state index in [0.717, 1.165) is 12.8 Å². The average molecular weight is 235 g/mol. The van der Waals surface area contributed by atoms with Crippen molar-refractivity contribution in [2.75, 3.05) is 18.9 Å². The van der Waals surface area contributed by atoms with E-state index in [1.54, 1.807) is 0 Å². The van der Waals surface area contributed by atoms with E-state index in [4.69, 9.17) is 5.11 Å². The monoisotopic (exact) mass is 235 g/mol. The fourth-order valence-electron chi connectivity index (χ4n) is 1.99. The predicted octanol–water partition coefficient (Wildman–Crippen LogP) is 0.819. The zero-order valence-corrected chi connectivity index (χ0v) is 10.5. The number of hydrogen-bond acceptors (Lipinski definition) is 3. The molecule has 0 aromatic heterocycles. The molecule has 0 aromatic rings. The molecule has 1 saturated heterocycles. The van der Waals surface area contributed by atoms with E-state index < -0.39 is 10.0 Å². The van der Waals surface area contributed by atoms with Crippen LogP contribution in [0.2, 0.25) is 0 Å². The number of aliphatic hydroxyl groups excluding tert-OH is 1. The van der Waals surface area contributed by atoms with Gasteiger partial charge in [0.2, 0.25) is 10.0 Å². The second-order valence-electron chi connectivity index (χ2n) is 5.41. The molecule has 5 heteroatoms. The maximum Gasteiger partial charge on any atom is 0.214 e. The minimum Gasteiger partial charge on any atom is -0.395 e. The Labute approximate surface area is 92.3 Å². The Morgan fingerprint density at radius 2 is 2.00 bits per heavy atom. The third-order valence-electron chi connectivity index (χ3n) is 2.51. The number of sulfonamides is 1. The van der Waals surface area contributed by atoms with Crippen molar-refractivity contribution in [3.63, 3.8) is 0 Å². The van der Waals surface area contributed by atoms with Gasteiger partial charge in [0.15, 0.2) is 0 Å². The molecule has 1 fully saturated rings. The van der Waals surface area contributed by atoms with E-state index in [0.29, 0.717) is 6.54 Å². The number of nitrogens with zero attached hydrogens (tertiary/aromatic N) is 1. The van der Waals surface area contributed by atoms with Gasteiger partial charge in [-0.25, -0.2) is 8.42 Å². The molecular formula is C10H21NO3S. The van der Waals surface area contributed by atoms with Crippen LogP contribution in [0.1, 0.15) is 33.6 Å². The van der Waals surface area contributed by atoms with E-state index >= 15 is 0 Å². The first-order chi connectivity index (χ1) is 6.76. The molecule has 0 bridgehead atoms. The summed E-state index contributed by atoms with van der Waals surface area (Å²) in [6.45, 7) is 6.23. The van der Waals surface area contributed by atoms with E-state index in [1.165, 1.54) is 4.31 Å². The van der Waals surface area contributed by atoms with Crippen LogP contribution in [0.15, 0.2) is 0 Å². The van der Waals surface area contributed by atoms with Crippen LogP contribution in [-0.2, 0) is 10.0 Å². The van der Waals surface area contributed by atoms with E-state index in [-0.39, 0.29) is 23.8 Å². The van der Waals surface area contributed by atoms with Gasteiger partial charge in [0.25, 0.3) is 0 Å². The fourth-order valence-corrected chi connectivity index (χ4v) is 4.28. The molecule has 1 rings (SSSR count). The normalized spacial score (nSPS) is 24.7. The predicted molar refractivity (Wildman–Crippen MR) is 60.1 cm³/mol. The number of hydrogen-bond donors (Lipinski definition) is 1. The van der Waals surface area contributed by atoms with Gasteiger partial charge in [0.05, 0.1) is 12.4 Å². The Morgan fingerprint density at radius 3 is 2.47 bits per heavy atom. The summed E-state index contributed by atoms with van der Waals surface area (Å²) in [5.41, 5.74) is -0.235. The molecule has 90 valence electrons. The third kappa shape index (κ3) is 3.43. The van der Waals surface area contributed by atoms with Gasteiger partial charge < -0.3 is 5.11 Å². The van der Waals surface area contributed by atoms with Crippen LogP contribution in [-0.4, -0.2) is 42.8 Å². The third-order valence-corrected chi connectivity index (χ3v) is 4.93. The van der Waals surface area contributed by atoms with Gasteiger partial charge in [-0.2, -0.15) is 4.31 Å². The SMILES string of the molecule is CC(C)(C)CS(=O)(=O)N1CCCC1CO. The molecule has 0 radical (unpaired) electrons. The second-order valence-corrected chi connectivity index (χ2v) is 7.33. The molecule has 0 spiro atoms. The Bertz CT molecular complexity index is 305. The smallest absolute Gasteiger partial charge is 0.214 e. The lowest BCUT2D eigenvalue weighted by molar-refractivity contribution is 0.212. The molecular weight excluding hydrogens is 214 g/mol. The summed E-state index contributed by atoms with van der Waals surface area (Å²) in [5, 5.41) is 9.09. The molecule has 0 saturated carbocycles. The molecule has 1 atom stereocenters. The zero-order chi connectivity index (χ0) is 11.7. The molecule has 0 aliphatic carbocycles.